The van der Waals surface area contributed by atoms with Crippen LogP contribution < -0.4 is 9.47 Å². The highest BCUT2D eigenvalue weighted by atomic mass is 16.5. The molecule has 32 heavy (non-hydrogen) atoms. The van der Waals surface area contributed by atoms with Crippen molar-refractivity contribution >= 4 is 17.4 Å². The van der Waals surface area contributed by atoms with Crippen LogP contribution in [0.1, 0.15) is 46.6 Å². The van der Waals surface area contributed by atoms with Gasteiger partial charge in [-0.05, 0) is 49.7 Å². The average Bonchev–Trinajstić information content (AvgIpc) is 3.48. The standard InChI is InChI=1S/C25H24N2O5/c1-16-6-8-18(9-7-16)20-14-21(22-5-4-12-31-22)27(26-20)25(29)15-32-23-11-10-19(17(2)28)13-24(23)30-3/h4-13,21H,14-15H2,1-3H3. The van der Waals surface area contributed by atoms with Crippen molar-refractivity contribution in [3.8, 4) is 11.5 Å². The molecule has 1 aliphatic heterocycles. The van der Waals surface area contributed by atoms with Crippen LogP contribution in [-0.4, -0.2) is 36.1 Å². The summed E-state index contributed by atoms with van der Waals surface area (Å²) < 4.78 is 16.6. The Morgan fingerprint density at radius 1 is 1.12 bits per heavy atom. The summed E-state index contributed by atoms with van der Waals surface area (Å²) in [5, 5.41) is 6.02. The zero-order valence-electron chi connectivity index (χ0n) is 18.2. The van der Waals surface area contributed by atoms with E-state index in [-0.39, 0.29) is 24.3 Å². The molecule has 3 aromatic rings. The summed E-state index contributed by atoms with van der Waals surface area (Å²) in [5.41, 5.74) is 3.43. The zero-order valence-corrected chi connectivity index (χ0v) is 18.2. The third kappa shape index (κ3) is 4.42. The van der Waals surface area contributed by atoms with Gasteiger partial charge < -0.3 is 13.9 Å². The van der Waals surface area contributed by atoms with Crippen molar-refractivity contribution in [1.82, 2.24) is 5.01 Å². The highest BCUT2D eigenvalue weighted by Gasteiger charge is 2.35. The Bertz CT molecular complexity index is 1150. The van der Waals surface area contributed by atoms with E-state index in [4.69, 9.17) is 13.9 Å². The van der Waals surface area contributed by atoms with Crippen LogP contribution in [0, 0.1) is 6.92 Å². The number of Topliss-reactive ketones (excluding diaryl/α,β-unsaturated/α-hetero) is 1. The van der Waals surface area contributed by atoms with Gasteiger partial charge in [-0.25, -0.2) is 5.01 Å². The number of hydrazone groups is 1. The Morgan fingerprint density at radius 2 is 1.91 bits per heavy atom. The van der Waals surface area contributed by atoms with Crippen LogP contribution >= 0.6 is 0 Å². The molecular weight excluding hydrogens is 408 g/mol. The number of hydrogen-bond acceptors (Lipinski definition) is 6. The maximum atomic E-state index is 13.1. The maximum absolute atomic E-state index is 13.1. The van der Waals surface area contributed by atoms with Crippen LogP contribution in [0.3, 0.4) is 0 Å². The number of ether oxygens (including phenoxy) is 2. The van der Waals surface area contributed by atoms with Crippen LogP contribution in [0.4, 0.5) is 0 Å². The first kappa shape index (κ1) is 21.4. The molecule has 0 N–H and O–H groups in total. The average molecular weight is 432 g/mol. The molecule has 0 saturated heterocycles. The number of nitrogens with zero attached hydrogens (tertiary/aromatic N) is 2. The molecule has 2 heterocycles. The van der Waals surface area contributed by atoms with Gasteiger partial charge in [0.15, 0.2) is 23.9 Å². The lowest BCUT2D eigenvalue weighted by Gasteiger charge is -2.20. The largest absolute Gasteiger partial charge is 0.493 e. The lowest BCUT2D eigenvalue weighted by atomic mass is 10.0. The summed E-state index contributed by atoms with van der Waals surface area (Å²) in [5.74, 6) is 1.03. The van der Waals surface area contributed by atoms with Gasteiger partial charge in [-0.15, -0.1) is 0 Å². The van der Waals surface area contributed by atoms with Gasteiger partial charge in [0.05, 0.1) is 19.1 Å². The first-order valence-corrected chi connectivity index (χ1v) is 10.3. The second-order valence-electron chi connectivity index (χ2n) is 7.60. The Kier molecular flexibility index (Phi) is 6.07. The molecule has 0 saturated carbocycles. The van der Waals surface area contributed by atoms with Gasteiger partial charge in [-0.2, -0.15) is 5.10 Å². The van der Waals surface area contributed by atoms with Crippen LogP contribution in [0.15, 0.2) is 70.4 Å². The summed E-state index contributed by atoms with van der Waals surface area (Å²) in [6, 6.07) is 16.2. The molecule has 2 aromatic carbocycles. The molecule has 164 valence electrons. The molecule has 7 heteroatoms. The van der Waals surface area contributed by atoms with E-state index >= 15 is 0 Å². The van der Waals surface area contributed by atoms with E-state index in [1.165, 1.54) is 19.0 Å². The van der Waals surface area contributed by atoms with Gasteiger partial charge in [0.25, 0.3) is 5.91 Å². The number of carbonyl (C=O) groups excluding carboxylic acids is 2. The van der Waals surface area contributed by atoms with E-state index < -0.39 is 0 Å². The number of methoxy groups -OCH3 is 1. The van der Waals surface area contributed by atoms with Crippen molar-refractivity contribution in [3.63, 3.8) is 0 Å². The van der Waals surface area contributed by atoms with Crippen LogP contribution in [-0.2, 0) is 4.79 Å². The lowest BCUT2D eigenvalue weighted by Crippen LogP contribution is -2.31. The van der Waals surface area contributed by atoms with Gasteiger partial charge >= 0.3 is 0 Å². The highest BCUT2D eigenvalue weighted by Crippen LogP contribution is 2.34. The number of hydrogen-bond donors (Lipinski definition) is 0. The topological polar surface area (TPSA) is 81.3 Å². The van der Waals surface area contributed by atoms with E-state index in [0.717, 1.165) is 16.8 Å². The first-order chi connectivity index (χ1) is 15.5. The molecule has 0 bridgehead atoms. The molecule has 0 radical (unpaired) electrons. The van der Waals surface area contributed by atoms with Crippen molar-refractivity contribution < 1.29 is 23.5 Å². The fraction of sp³-hybridized carbons (Fsp3) is 0.240. The molecule has 1 atom stereocenters. The molecule has 1 aliphatic rings. The van der Waals surface area contributed by atoms with Gasteiger partial charge in [-0.1, -0.05) is 29.8 Å². The summed E-state index contributed by atoms with van der Waals surface area (Å²) in [4.78, 5) is 24.7. The Morgan fingerprint density at radius 3 is 2.56 bits per heavy atom. The molecule has 7 nitrogen and oxygen atoms in total. The van der Waals surface area contributed by atoms with Crippen molar-refractivity contribution in [1.29, 1.82) is 0 Å². The number of aryl methyl sites for hydroxylation is 1. The smallest absolute Gasteiger partial charge is 0.281 e. The number of rotatable bonds is 7. The maximum Gasteiger partial charge on any atom is 0.281 e. The molecule has 0 fully saturated rings. The summed E-state index contributed by atoms with van der Waals surface area (Å²) in [7, 11) is 1.49. The molecule has 0 aliphatic carbocycles. The molecule has 1 amide bonds. The van der Waals surface area contributed by atoms with Gasteiger partial charge in [-0.3, -0.25) is 9.59 Å². The molecular formula is C25H24N2O5. The van der Waals surface area contributed by atoms with Crippen LogP contribution in [0.25, 0.3) is 0 Å². The van der Waals surface area contributed by atoms with Crippen molar-refractivity contribution in [2.24, 2.45) is 5.10 Å². The van der Waals surface area contributed by atoms with Crippen molar-refractivity contribution in [2.45, 2.75) is 26.3 Å². The fourth-order valence-corrected chi connectivity index (χ4v) is 3.57. The molecule has 4 rings (SSSR count). The minimum atomic E-state index is -0.348. The van der Waals surface area contributed by atoms with Crippen molar-refractivity contribution in [3.05, 3.63) is 83.3 Å². The summed E-state index contributed by atoms with van der Waals surface area (Å²) >= 11 is 0. The van der Waals surface area contributed by atoms with E-state index in [9.17, 15) is 9.59 Å². The van der Waals surface area contributed by atoms with Crippen LogP contribution in [0.2, 0.25) is 0 Å². The quantitative estimate of drug-likeness (QED) is 0.512. The number of benzene rings is 2. The first-order valence-electron chi connectivity index (χ1n) is 10.3. The SMILES string of the molecule is COc1cc(C(C)=O)ccc1OCC(=O)N1N=C(c2ccc(C)cc2)CC1c1ccco1. The number of furan rings is 1. The summed E-state index contributed by atoms with van der Waals surface area (Å²) in [6.45, 7) is 3.26. The Balaban J connectivity index is 1.55. The second-order valence-corrected chi connectivity index (χ2v) is 7.60. The third-order valence-electron chi connectivity index (χ3n) is 5.34. The normalized spacial score (nSPS) is 15.4. The monoisotopic (exact) mass is 432 g/mol. The van der Waals surface area contributed by atoms with E-state index in [2.05, 4.69) is 5.10 Å². The van der Waals surface area contributed by atoms with Crippen molar-refractivity contribution in [2.75, 3.05) is 13.7 Å². The predicted octanol–water partition coefficient (Wildman–Crippen LogP) is 4.56. The van der Waals surface area contributed by atoms with Crippen LogP contribution in [0.5, 0.6) is 11.5 Å². The fourth-order valence-electron chi connectivity index (χ4n) is 3.57. The number of carbonyl (C=O) groups is 2. The zero-order chi connectivity index (χ0) is 22.7. The summed E-state index contributed by atoms with van der Waals surface area (Å²) in [6.07, 6.45) is 2.12. The highest BCUT2D eigenvalue weighted by molar-refractivity contribution is 6.03. The number of ketones is 1. The minimum Gasteiger partial charge on any atom is -0.493 e. The van der Waals surface area contributed by atoms with E-state index in [0.29, 0.717) is 29.2 Å². The van der Waals surface area contributed by atoms with E-state index in [1.54, 1.807) is 30.5 Å². The predicted molar refractivity (Wildman–Crippen MR) is 119 cm³/mol. The third-order valence-corrected chi connectivity index (χ3v) is 5.34. The molecule has 1 aromatic heterocycles. The van der Waals surface area contributed by atoms with E-state index in [1.807, 2.05) is 37.3 Å². The number of amides is 1. The molecule has 0 spiro atoms. The Hall–Kier alpha value is -3.87. The lowest BCUT2D eigenvalue weighted by molar-refractivity contribution is -0.135. The van der Waals surface area contributed by atoms with Gasteiger partial charge in [0, 0.05) is 12.0 Å². The Labute approximate surface area is 186 Å². The second kappa shape index (κ2) is 9.09. The molecule has 1 unspecified atom stereocenters. The van der Waals surface area contributed by atoms with Gasteiger partial charge in [0.2, 0.25) is 0 Å². The van der Waals surface area contributed by atoms with Gasteiger partial charge in [0.1, 0.15) is 11.8 Å². The minimum absolute atomic E-state index is 0.0812.